The summed E-state index contributed by atoms with van der Waals surface area (Å²) in [7, 11) is 2.42. The normalized spacial score (nSPS) is 36.9. The number of fused-ring (bicyclic) bond motifs is 6. The second-order valence-electron chi connectivity index (χ2n) is 17.9. The highest BCUT2D eigenvalue weighted by Gasteiger charge is 2.59. The van der Waals surface area contributed by atoms with Gasteiger partial charge in [0.05, 0.1) is 62.9 Å². The van der Waals surface area contributed by atoms with Gasteiger partial charge in [0.1, 0.15) is 6.10 Å². The molecule has 0 saturated carbocycles. The molecule has 17 nitrogen and oxygen atoms in total. The molecule has 3 saturated heterocycles. The number of carbonyl (C=O) groups excluding carboxylic acids is 4. The monoisotopic (exact) mass is 892 g/mol. The van der Waals surface area contributed by atoms with E-state index in [2.05, 4.69) is 0 Å². The highest BCUT2D eigenvalue weighted by molar-refractivity contribution is 5.84. The Morgan fingerprint density at radius 2 is 1.52 bits per heavy atom. The molecule has 2 unspecified atom stereocenters. The zero-order valence-corrected chi connectivity index (χ0v) is 37.7. The van der Waals surface area contributed by atoms with Crippen LogP contribution in [0.1, 0.15) is 106 Å². The third-order valence-electron chi connectivity index (χ3n) is 12.2. The van der Waals surface area contributed by atoms with Crippen LogP contribution in [0.5, 0.6) is 0 Å². The number of aliphatic hydroxyl groups is 5. The highest BCUT2D eigenvalue weighted by atomic mass is 16.7. The van der Waals surface area contributed by atoms with Crippen molar-refractivity contribution in [3.63, 3.8) is 0 Å². The Hall–Kier alpha value is -3.78. The molecule has 0 aromatic carbocycles. The van der Waals surface area contributed by atoms with Crippen molar-refractivity contribution in [2.75, 3.05) is 20.8 Å². The van der Waals surface area contributed by atoms with Crippen LogP contribution >= 0.6 is 0 Å². The molecular formula is C46H68O17. The molecule has 0 aromatic heterocycles. The van der Waals surface area contributed by atoms with Crippen LogP contribution in [0, 0.1) is 10.8 Å². The molecule has 4 heterocycles. The van der Waals surface area contributed by atoms with Crippen molar-refractivity contribution < 1.29 is 82.6 Å². The molecule has 0 aromatic rings. The summed E-state index contributed by atoms with van der Waals surface area (Å²) in [4.78, 5) is 51.1. The molecule has 0 spiro atoms. The van der Waals surface area contributed by atoms with Crippen LogP contribution in [-0.4, -0.2) is 137 Å². The maximum atomic E-state index is 13.4. The summed E-state index contributed by atoms with van der Waals surface area (Å²) in [5.41, 5.74) is -1.97. The number of esters is 4. The van der Waals surface area contributed by atoms with Crippen molar-refractivity contribution in [1.29, 1.82) is 0 Å². The van der Waals surface area contributed by atoms with Crippen LogP contribution in [0.3, 0.4) is 0 Å². The van der Waals surface area contributed by atoms with Gasteiger partial charge >= 0.3 is 23.9 Å². The van der Waals surface area contributed by atoms with Crippen molar-refractivity contribution >= 4 is 23.9 Å². The molecule has 11 atom stereocenters. The quantitative estimate of drug-likeness (QED) is 0.0729. The summed E-state index contributed by atoms with van der Waals surface area (Å²) in [5.74, 6) is -7.31. The standard InChI is InChI=1S/C46H68O17/c1-9-10-11-12-13-14-38(50)61-42-30(21-40(52)57-8)20-33-24-36(27-47)60-41(53)23-31(49)22-34-25-37(58-28(2)48)44(5,6)45(54,62-34)26-35-18-29(19-39(51)56-7)17-32(59-35)15-16-43(3,4)46(42,55)63-33/h11-16,19,21,31-37,41-42,47,49,53-55H,9-10,17-18,20,22-27H2,1-8H3/b12-11+,14-13+,16-15+,29-19+,30-21+/t31?,32-,33-,34+,35-,36+,37-,41?,42-,45-,46+/m0/s1. The van der Waals surface area contributed by atoms with Gasteiger partial charge < -0.3 is 63.4 Å². The fraction of sp³-hybridized carbons (Fsp3) is 0.696. The van der Waals surface area contributed by atoms with Gasteiger partial charge in [-0.2, -0.15) is 0 Å². The Balaban J connectivity index is 1.87. The van der Waals surface area contributed by atoms with Crippen LogP contribution in [-0.2, 0) is 57.1 Å². The molecule has 17 heteroatoms. The van der Waals surface area contributed by atoms with E-state index in [0.717, 1.165) is 18.9 Å². The van der Waals surface area contributed by atoms with E-state index >= 15 is 0 Å². The maximum absolute atomic E-state index is 13.4. The number of rotatable bonds is 9. The van der Waals surface area contributed by atoms with Gasteiger partial charge in [-0.05, 0) is 37.7 Å². The van der Waals surface area contributed by atoms with Crippen LogP contribution < -0.4 is 0 Å². The first-order valence-corrected chi connectivity index (χ1v) is 21.6. The molecule has 3 fully saturated rings. The van der Waals surface area contributed by atoms with Gasteiger partial charge in [0, 0.05) is 56.3 Å². The number of unbranched alkanes of at least 4 members (excludes halogenated alkanes) is 1. The van der Waals surface area contributed by atoms with E-state index in [0.29, 0.717) is 5.57 Å². The van der Waals surface area contributed by atoms with E-state index in [1.165, 1.54) is 39.4 Å². The average molecular weight is 893 g/mol. The number of hydrogen-bond donors (Lipinski definition) is 5. The lowest BCUT2D eigenvalue weighted by atomic mass is 9.70. The van der Waals surface area contributed by atoms with Crippen LogP contribution in [0.25, 0.3) is 0 Å². The number of methoxy groups -OCH3 is 2. The average Bonchev–Trinajstić information content (AvgIpc) is 3.19. The fourth-order valence-electron chi connectivity index (χ4n) is 8.55. The molecule has 4 aliphatic heterocycles. The van der Waals surface area contributed by atoms with E-state index < -0.39 is 108 Å². The lowest BCUT2D eigenvalue weighted by Crippen LogP contribution is -2.62. The second kappa shape index (κ2) is 22.4. The smallest absolute Gasteiger partial charge is 0.331 e. The Bertz CT molecular complexity index is 1750. The van der Waals surface area contributed by atoms with Gasteiger partial charge in [0.15, 0.2) is 18.2 Å². The Morgan fingerprint density at radius 3 is 2.17 bits per heavy atom. The molecule has 4 aliphatic rings. The van der Waals surface area contributed by atoms with E-state index in [4.69, 9.17) is 37.9 Å². The first-order chi connectivity index (χ1) is 29.6. The van der Waals surface area contributed by atoms with E-state index in [1.54, 1.807) is 45.9 Å². The summed E-state index contributed by atoms with van der Waals surface area (Å²) in [6.07, 6.45) is 3.17. The maximum Gasteiger partial charge on any atom is 0.331 e. The second-order valence-corrected chi connectivity index (χ2v) is 17.9. The summed E-state index contributed by atoms with van der Waals surface area (Å²) in [6, 6.07) is 0. The van der Waals surface area contributed by atoms with Gasteiger partial charge in [-0.15, -0.1) is 0 Å². The SMILES string of the molecule is CCC/C=C/C=C/C(=O)O[C@H]1/C(=C/C(=O)OC)C[C@H]2C[C@H](CO)OC(O)CC(O)C[C@@H]3C[C@H](OC(C)=O)C(C)(C)[C@](O)(C[C@@H]4C/C(=C/C(=O)OC)C[C@H](/C=C/C(C)(C)[C@]1(O)O2)O4)O3. The zero-order chi connectivity index (χ0) is 46.8. The molecule has 0 amide bonds. The minimum atomic E-state index is -2.43. The zero-order valence-electron chi connectivity index (χ0n) is 37.7. The fourth-order valence-corrected chi connectivity index (χ4v) is 8.55. The molecule has 0 radical (unpaired) electrons. The molecule has 354 valence electrons. The summed E-state index contributed by atoms with van der Waals surface area (Å²) in [6.45, 7) is 9.25. The number of aliphatic hydroxyl groups excluding tert-OH is 3. The van der Waals surface area contributed by atoms with Crippen LogP contribution in [0.4, 0.5) is 0 Å². The summed E-state index contributed by atoms with van der Waals surface area (Å²) >= 11 is 0. The lowest BCUT2D eigenvalue weighted by molar-refractivity contribution is -0.349. The number of allylic oxidation sites excluding steroid dienone is 3. The Labute approximate surface area is 369 Å². The van der Waals surface area contributed by atoms with Crippen LogP contribution in [0.2, 0.25) is 0 Å². The molecule has 5 N–H and O–H groups in total. The predicted molar refractivity (Wildman–Crippen MR) is 225 cm³/mol. The molecule has 6 bridgehead atoms. The van der Waals surface area contributed by atoms with Crippen LogP contribution in [0.15, 0.2) is 59.8 Å². The Kier molecular flexibility index (Phi) is 18.4. The number of ether oxygens (including phenoxy) is 8. The van der Waals surface area contributed by atoms with Crippen molar-refractivity contribution in [3.05, 3.63) is 59.8 Å². The molecule has 0 aliphatic carbocycles. The molecular weight excluding hydrogens is 824 g/mol. The first-order valence-electron chi connectivity index (χ1n) is 21.6. The number of hydrogen-bond acceptors (Lipinski definition) is 17. The third-order valence-corrected chi connectivity index (χ3v) is 12.2. The van der Waals surface area contributed by atoms with E-state index in [-0.39, 0.29) is 56.9 Å². The van der Waals surface area contributed by atoms with Crippen molar-refractivity contribution in [2.45, 2.75) is 172 Å². The van der Waals surface area contributed by atoms with Gasteiger partial charge in [0.25, 0.3) is 0 Å². The first kappa shape index (κ1) is 51.9. The van der Waals surface area contributed by atoms with Gasteiger partial charge in [-0.3, -0.25) is 4.79 Å². The predicted octanol–water partition coefficient (Wildman–Crippen LogP) is 3.68. The topological polar surface area (TPSA) is 243 Å². The van der Waals surface area contributed by atoms with E-state index in [1.807, 2.05) is 13.0 Å². The largest absolute Gasteiger partial charge is 0.466 e. The Morgan fingerprint density at radius 1 is 0.825 bits per heavy atom. The number of carbonyl (C=O) groups is 4. The highest BCUT2D eigenvalue weighted by Crippen LogP contribution is 2.50. The van der Waals surface area contributed by atoms with Crippen molar-refractivity contribution in [3.8, 4) is 0 Å². The van der Waals surface area contributed by atoms with Crippen molar-refractivity contribution in [1.82, 2.24) is 0 Å². The van der Waals surface area contributed by atoms with E-state index in [9.17, 15) is 44.7 Å². The van der Waals surface area contributed by atoms with Gasteiger partial charge in [0.2, 0.25) is 5.79 Å². The minimum Gasteiger partial charge on any atom is -0.466 e. The lowest BCUT2D eigenvalue weighted by Gasteiger charge is -2.53. The third kappa shape index (κ3) is 13.6. The van der Waals surface area contributed by atoms with Gasteiger partial charge in [-0.25, -0.2) is 14.4 Å². The summed E-state index contributed by atoms with van der Waals surface area (Å²) < 4.78 is 46.7. The molecule has 4 rings (SSSR count). The van der Waals surface area contributed by atoms with Gasteiger partial charge in [-0.1, -0.05) is 77.0 Å². The van der Waals surface area contributed by atoms with Crippen molar-refractivity contribution in [2.24, 2.45) is 10.8 Å². The molecule has 63 heavy (non-hydrogen) atoms. The minimum absolute atomic E-state index is 0.105. The summed E-state index contributed by atoms with van der Waals surface area (Å²) in [5, 5.41) is 58.1.